The first-order chi connectivity index (χ1) is 7.87. The Morgan fingerprint density at radius 2 is 2.24 bits per heavy atom. The van der Waals surface area contributed by atoms with E-state index in [9.17, 15) is 18.0 Å². The van der Waals surface area contributed by atoms with Crippen molar-refractivity contribution in [3.8, 4) is 0 Å². The van der Waals surface area contributed by atoms with E-state index in [0.717, 1.165) is 5.01 Å². The number of hydrazone groups is 1. The van der Waals surface area contributed by atoms with Crippen molar-refractivity contribution >= 4 is 27.4 Å². The second kappa shape index (κ2) is 4.10. The highest BCUT2D eigenvalue weighted by Crippen LogP contribution is 2.22. The quantitative estimate of drug-likeness (QED) is 0.718. The Morgan fingerprint density at radius 1 is 1.53 bits per heavy atom. The number of carbonyl (C=O) groups is 2. The monoisotopic (exact) mass is 260 g/mol. The Labute approximate surface area is 98.0 Å². The van der Waals surface area contributed by atoms with Gasteiger partial charge >= 0.3 is 5.97 Å². The number of hydrogen-bond donors (Lipinski definition) is 1. The fraction of sp³-hybridized carbons (Fsp3) is 0.667. The normalized spacial score (nSPS) is 27.3. The Morgan fingerprint density at radius 3 is 2.76 bits per heavy atom. The van der Waals surface area contributed by atoms with Crippen LogP contribution in [-0.2, 0) is 19.4 Å². The number of rotatable bonds is 3. The number of aliphatic carboxylic acids is 1. The lowest BCUT2D eigenvalue weighted by Crippen LogP contribution is -2.33. The first-order valence-electron chi connectivity index (χ1n) is 5.18. The molecule has 2 heterocycles. The lowest BCUT2D eigenvalue weighted by Gasteiger charge is -2.17. The molecular formula is C9H12N2O5S. The van der Waals surface area contributed by atoms with Crippen LogP contribution >= 0.6 is 0 Å². The van der Waals surface area contributed by atoms with Crippen molar-refractivity contribution in [3.63, 3.8) is 0 Å². The highest BCUT2D eigenvalue weighted by atomic mass is 32.2. The molecule has 0 aromatic carbocycles. The van der Waals surface area contributed by atoms with Crippen molar-refractivity contribution in [1.29, 1.82) is 0 Å². The highest BCUT2D eigenvalue weighted by molar-refractivity contribution is 7.91. The summed E-state index contributed by atoms with van der Waals surface area (Å²) in [6.07, 6.45) is 0.0719. The summed E-state index contributed by atoms with van der Waals surface area (Å²) in [6, 6.07) is -0.432. The molecule has 94 valence electrons. The standard InChI is InChI=1S/C9H12N2O5S/c12-8-3-6(4-9(13)14)10-11(8)7-1-2-17(15,16)5-7/h7H,1-5H2,(H,13,14). The first kappa shape index (κ1) is 12.0. The molecule has 2 aliphatic rings. The summed E-state index contributed by atoms with van der Waals surface area (Å²) in [4.78, 5) is 22.1. The van der Waals surface area contributed by atoms with Crippen molar-refractivity contribution in [2.75, 3.05) is 11.5 Å². The summed E-state index contributed by atoms with van der Waals surface area (Å²) >= 11 is 0. The molecule has 1 atom stereocenters. The zero-order chi connectivity index (χ0) is 12.6. The van der Waals surface area contributed by atoms with Crippen LogP contribution in [-0.4, -0.2) is 53.7 Å². The van der Waals surface area contributed by atoms with Gasteiger partial charge in [-0.3, -0.25) is 9.59 Å². The molecule has 0 aromatic heterocycles. The van der Waals surface area contributed by atoms with Crippen LogP contribution < -0.4 is 0 Å². The molecule has 0 spiro atoms. The van der Waals surface area contributed by atoms with Crippen molar-refractivity contribution in [1.82, 2.24) is 5.01 Å². The van der Waals surface area contributed by atoms with Gasteiger partial charge in [-0.15, -0.1) is 0 Å². The summed E-state index contributed by atoms with van der Waals surface area (Å²) in [5.74, 6) is -1.38. The van der Waals surface area contributed by atoms with E-state index in [1.54, 1.807) is 0 Å². The maximum absolute atomic E-state index is 11.6. The van der Waals surface area contributed by atoms with Gasteiger partial charge in [0.15, 0.2) is 9.84 Å². The molecule has 0 aliphatic carbocycles. The van der Waals surface area contributed by atoms with Gasteiger partial charge in [-0.25, -0.2) is 13.4 Å². The zero-order valence-corrected chi connectivity index (χ0v) is 9.81. The van der Waals surface area contributed by atoms with Crippen molar-refractivity contribution in [2.45, 2.75) is 25.3 Å². The Hall–Kier alpha value is -1.44. The Kier molecular flexibility index (Phi) is 2.90. The second-order valence-corrected chi connectivity index (χ2v) is 6.44. The molecule has 0 radical (unpaired) electrons. The van der Waals surface area contributed by atoms with Gasteiger partial charge in [0.05, 0.1) is 36.1 Å². The largest absolute Gasteiger partial charge is 0.481 e. The predicted octanol–water partition coefficient (Wildman–Crippen LogP) is -0.763. The molecule has 1 unspecified atom stereocenters. The van der Waals surface area contributed by atoms with E-state index in [1.807, 2.05) is 0 Å². The highest BCUT2D eigenvalue weighted by Gasteiger charge is 2.38. The fourth-order valence-electron chi connectivity index (χ4n) is 2.03. The molecular weight excluding hydrogens is 248 g/mol. The van der Waals surface area contributed by atoms with Gasteiger partial charge in [0.25, 0.3) is 0 Å². The maximum Gasteiger partial charge on any atom is 0.309 e. The van der Waals surface area contributed by atoms with E-state index in [2.05, 4.69) is 5.10 Å². The third-order valence-electron chi connectivity index (χ3n) is 2.77. The number of hydrogen-bond acceptors (Lipinski definition) is 5. The molecule has 0 saturated carbocycles. The molecule has 1 fully saturated rings. The van der Waals surface area contributed by atoms with Crippen LogP contribution in [0.5, 0.6) is 0 Å². The van der Waals surface area contributed by atoms with Crippen LogP contribution in [0.25, 0.3) is 0 Å². The van der Waals surface area contributed by atoms with Gasteiger partial charge < -0.3 is 5.11 Å². The molecule has 1 amide bonds. The molecule has 17 heavy (non-hydrogen) atoms. The lowest BCUT2D eigenvalue weighted by atomic mass is 10.2. The first-order valence-corrected chi connectivity index (χ1v) is 7.00. The number of carbonyl (C=O) groups excluding carboxylic acids is 1. The summed E-state index contributed by atoms with van der Waals surface area (Å²) in [5, 5.41) is 13.6. The molecule has 0 aromatic rings. The molecule has 8 heteroatoms. The maximum atomic E-state index is 11.6. The van der Waals surface area contributed by atoms with Gasteiger partial charge in [0.2, 0.25) is 5.91 Å². The van der Waals surface area contributed by atoms with Crippen LogP contribution in [0.2, 0.25) is 0 Å². The minimum atomic E-state index is -3.08. The average molecular weight is 260 g/mol. The summed E-state index contributed by atoms with van der Waals surface area (Å²) in [5.41, 5.74) is 0.284. The lowest BCUT2D eigenvalue weighted by molar-refractivity contribution is -0.135. The van der Waals surface area contributed by atoms with Gasteiger partial charge in [-0.05, 0) is 6.42 Å². The van der Waals surface area contributed by atoms with Gasteiger partial charge in [0.1, 0.15) is 0 Å². The minimum absolute atomic E-state index is 0.0250. The van der Waals surface area contributed by atoms with E-state index in [4.69, 9.17) is 5.11 Å². The molecule has 0 bridgehead atoms. The number of carboxylic acids is 1. The molecule has 7 nitrogen and oxygen atoms in total. The van der Waals surface area contributed by atoms with E-state index in [1.165, 1.54) is 0 Å². The smallest absolute Gasteiger partial charge is 0.309 e. The van der Waals surface area contributed by atoms with Crippen LogP contribution in [0, 0.1) is 0 Å². The van der Waals surface area contributed by atoms with Gasteiger partial charge in [-0.1, -0.05) is 0 Å². The third-order valence-corrected chi connectivity index (χ3v) is 4.52. The van der Waals surface area contributed by atoms with E-state index >= 15 is 0 Å². The van der Waals surface area contributed by atoms with Crippen molar-refractivity contribution in [3.05, 3.63) is 0 Å². The SMILES string of the molecule is O=C(O)CC1=NN(C2CCS(=O)(=O)C2)C(=O)C1. The van der Waals surface area contributed by atoms with Crippen LogP contribution in [0.15, 0.2) is 5.10 Å². The number of carboxylic acid groups (broad SMARTS) is 1. The second-order valence-electron chi connectivity index (χ2n) is 4.21. The van der Waals surface area contributed by atoms with Crippen LogP contribution in [0.3, 0.4) is 0 Å². The number of sulfone groups is 1. The van der Waals surface area contributed by atoms with E-state index in [0.29, 0.717) is 6.42 Å². The average Bonchev–Trinajstić information content (AvgIpc) is 2.68. The molecule has 1 N–H and O–H groups in total. The molecule has 2 rings (SSSR count). The molecule has 2 aliphatic heterocycles. The fourth-order valence-corrected chi connectivity index (χ4v) is 3.72. The van der Waals surface area contributed by atoms with Crippen molar-refractivity contribution < 1.29 is 23.1 Å². The zero-order valence-electron chi connectivity index (χ0n) is 9.00. The summed E-state index contributed by atoms with van der Waals surface area (Å²) in [6.45, 7) is 0. The third kappa shape index (κ3) is 2.63. The van der Waals surface area contributed by atoms with Gasteiger partial charge in [0, 0.05) is 0 Å². The minimum Gasteiger partial charge on any atom is -0.481 e. The number of nitrogens with zero attached hydrogens (tertiary/aromatic N) is 2. The Balaban J connectivity index is 2.09. The molecule has 1 saturated heterocycles. The van der Waals surface area contributed by atoms with E-state index < -0.39 is 21.8 Å². The van der Waals surface area contributed by atoms with Gasteiger partial charge in [-0.2, -0.15) is 5.10 Å². The topological polar surface area (TPSA) is 104 Å². The Bertz CT molecular complexity index is 496. The van der Waals surface area contributed by atoms with Crippen LogP contribution in [0.1, 0.15) is 19.3 Å². The van der Waals surface area contributed by atoms with Crippen LogP contribution in [0.4, 0.5) is 0 Å². The summed E-state index contributed by atoms with van der Waals surface area (Å²) < 4.78 is 22.6. The van der Waals surface area contributed by atoms with Crippen molar-refractivity contribution in [2.24, 2.45) is 5.10 Å². The predicted molar refractivity (Wildman–Crippen MR) is 58.2 cm³/mol. The summed E-state index contributed by atoms with van der Waals surface area (Å²) in [7, 11) is -3.08. The van der Waals surface area contributed by atoms with E-state index in [-0.39, 0.29) is 36.0 Å². The number of amides is 1.